The van der Waals surface area contributed by atoms with Crippen LogP contribution in [-0.2, 0) is 13.0 Å². The van der Waals surface area contributed by atoms with Crippen molar-refractivity contribution < 1.29 is 14.3 Å². The Bertz CT molecular complexity index is 896. The summed E-state index contributed by atoms with van der Waals surface area (Å²) in [6.07, 6.45) is 4.07. The van der Waals surface area contributed by atoms with Crippen LogP contribution in [0.25, 0.3) is 0 Å². The normalized spacial score (nSPS) is 10.4. The molecule has 0 radical (unpaired) electrons. The molecule has 1 amide bonds. The number of nitrogens with zero attached hydrogens (tertiary/aromatic N) is 2. The maximum Gasteiger partial charge on any atom is 0.263 e. The summed E-state index contributed by atoms with van der Waals surface area (Å²) in [5.74, 6) is 1.38. The molecule has 1 N–H and O–H groups in total. The lowest BCUT2D eigenvalue weighted by molar-refractivity contribution is 0.0957. The monoisotopic (exact) mass is 383 g/mol. The third kappa shape index (κ3) is 5.27. The molecule has 0 unspecified atom stereocenters. The molecule has 0 saturated carbocycles. The van der Waals surface area contributed by atoms with Gasteiger partial charge in [0.2, 0.25) is 0 Å². The number of carbonyl (C=O) groups excluding carboxylic acids is 1. The van der Waals surface area contributed by atoms with Crippen molar-refractivity contribution in [3.05, 3.63) is 69.9 Å². The molecule has 0 aliphatic heterocycles. The highest BCUT2D eigenvalue weighted by Gasteiger charge is 2.15. The van der Waals surface area contributed by atoms with Gasteiger partial charge in [-0.05, 0) is 43.2 Å². The summed E-state index contributed by atoms with van der Waals surface area (Å²) in [4.78, 5) is 21.5. The van der Waals surface area contributed by atoms with Gasteiger partial charge in [0.25, 0.3) is 5.91 Å². The molecule has 27 heavy (non-hydrogen) atoms. The lowest BCUT2D eigenvalue weighted by Gasteiger charge is -2.06. The van der Waals surface area contributed by atoms with E-state index in [0.717, 1.165) is 22.7 Å². The zero-order valence-electron chi connectivity index (χ0n) is 15.3. The minimum atomic E-state index is -0.111. The first-order chi connectivity index (χ1) is 13.2. The molecule has 3 rings (SSSR count). The van der Waals surface area contributed by atoms with Crippen LogP contribution in [0.15, 0.2) is 48.8 Å². The summed E-state index contributed by atoms with van der Waals surface area (Å²) >= 11 is 1.35. The molecule has 0 aliphatic carbocycles. The molecular formula is C20H21N3O3S. The molecule has 0 aliphatic rings. The van der Waals surface area contributed by atoms with Crippen molar-refractivity contribution in [2.75, 3.05) is 13.7 Å². The zero-order valence-corrected chi connectivity index (χ0v) is 16.1. The first-order valence-corrected chi connectivity index (χ1v) is 9.37. The average Bonchev–Trinajstić information content (AvgIpc) is 3.08. The van der Waals surface area contributed by atoms with E-state index in [4.69, 9.17) is 9.47 Å². The molecule has 0 spiro atoms. The van der Waals surface area contributed by atoms with Gasteiger partial charge in [-0.25, -0.2) is 4.98 Å². The van der Waals surface area contributed by atoms with Gasteiger partial charge in [0.1, 0.15) is 28.0 Å². The molecule has 2 heterocycles. The number of thiazole rings is 1. The van der Waals surface area contributed by atoms with E-state index < -0.39 is 0 Å². The number of carbonyl (C=O) groups is 1. The standard InChI is InChI=1S/C20H21N3O3S/c1-14-19(27-18(23-14)13-26-17-7-4-9-21-12-17)20(24)22-10-8-15-5-3-6-16(11-15)25-2/h3-7,9,11-12H,8,10,13H2,1-2H3,(H,22,24). The van der Waals surface area contributed by atoms with Crippen molar-refractivity contribution in [3.63, 3.8) is 0 Å². The second-order valence-corrected chi connectivity index (χ2v) is 6.94. The fraction of sp³-hybridized carbons (Fsp3) is 0.250. The van der Waals surface area contributed by atoms with Crippen LogP contribution >= 0.6 is 11.3 Å². The van der Waals surface area contributed by atoms with Crippen LogP contribution in [0.4, 0.5) is 0 Å². The first kappa shape index (κ1) is 18.8. The molecule has 0 saturated heterocycles. The Morgan fingerprint density at radius 3 is 2.85 bits per heavy atom. The third-order valence-corrected chi connectivity index (χ3v) is 5.01. The minimum absolute atomic E-state index is 0.111. The number of methoxy groups -OCH3 is 1. The maximum absolute atomic E-state index is 12.5. The van der Waals surface area contributed by atoms with Gasteiger partial charge in [-0.3, -0.25) is 9.78 Å². The topological polar surface area (TPSA) is 73.3 Å². The highest BCUT2D eigenvalue weighted by Crippen LogP contribution is 2.20. The number of aromatic nitrogens is 2. The molecule has 1 aromatic carbocycles. The highest BCUT2D eigenvalue weighted by molar-refractivity contribution is 7.13. The van der Waals surface area contributed by atoms with E-state index in [2.05, 4.69) is 15.3 Å². The van der Waals surface area contributed by atoms with Crippen LogP contribution in [0.2, 0.25) is 0 Å². The molecule has 0 fully saturated rings. The summed E-state index contributed by atoms with van der Waals surface area (Å²) in [6.45, 7) is 2.69. The number of hydrogen-bond acceptors (Lipinski definition) is 6. The van der Waals surface area contributed by atoms with E-state index in [9.17, 15) is 4.79 Å². The number of benzene rings is 1. The predicted molar refractivity (Wildman–Crippen MR) is 104 cm³/mol. The Hall–Kier alpha value is -2.93. The van der Waals surface area contributed by atoms with Gasteiger partial charge < -0.3 is 14.8 Å². The molecule has 0 bridgehead atoms. The lowest BCUT2D eigenvalue weighted by Crippen LogP contribution is -2.25. The number of rotatable bonds is 8. The van der Waals surface area contributed by atoms with E-state index in [1.54, 1.807) is 19.5 Å². The van der Waals surface area contributed by atoms with Gasteiger partial charge in [-0.15, -0.1) is 11.3 Å². The Morgan fingerprint density at radius 2 is 2.07 bits per heavy atom. The van der Waals surface area contributed by atoms with Crippen molar-refractivity contribution >= 4 is 17.2 Å². The summed E-state index contributed by atoms with van der Waals surface area (Å²) in [5.41, 5.74) is 1.82. The molecule has 0 atom stereocenters. The molecule has 6 nitrogen and oxygen atoms in total. The highest BCUT2D eigenvalue weighted by atomic mass is 32.1. The second-order valence-electron chi connectivity index (χ2n) is 5.86. The average molecular weight is 383 g/mol. The van der Waals surface area contributed by atoms with E-state index in [-0.39, 0.29) is 5.91 Å². The summed E-state index contributed by atoms with van der Waals surface area (Å²) < 4.78 is 10.9. The Balaban J connectivity index is 1.52. The van der Waals surface area contributed by atoms with Crippen LogP contribution in [0, 0.1) is 6.92 Å². The number of aryl methyl sites for hydroxylation is 1. The predicted octanol–water partition coefficient (Wildman–Crippen LogP) is 3.41. The fourth-order valence-electron chi connectivity index (χ4n) is 2.53. The van der Waals surface area contributed by atoms with E-state index in [1.807, 2.05) is 43.3 Å². The molecule has 140 valence electrons. The number of ether oxygens (including phenoxy) is 2. The molecule has 2 aromatic heterocycles. The maximum atomic E-state index is 12.5. The van der Waals surface area contributed by atoms with Gasteiger partial charge in [0.05, 0.1) is 19.0 Å². The number of nitrogens with one attached hydrogen (secondary N) is 1. The van der Waals surface area contributed by atoms with Crippen molar-refractivity contribution in [3.8, 4) is 11.5 Å². The van der Waals surface area contributed by atoms with Crippen molar-refractivity contribution in [1.29, 1.82) is 0 Å². The number of amides is 1. The van der Waals surface area contributed by atoms with Gasteiger partial charge in [-0.1, -0.05) is 12.1 Å². The summed E-state index contributed by atoms with van der Waals surface area (Å²) in [6, 6.07) is 11.5. The Morgan fingerprint density at radius 1 is 1.22 bits per heavy atom. The molecule has 3 aromatic rings. The zero-order chi connectivity index (χ0) is 19.1. The summed E-state index contributed by atoms with van der Waals surface area (Å²) in [7, 11) is 1.64. The summed E-state index contributed by atoms with van der Waals surface area (Å²) in [5, 5.41) is 3.71. The van der Waals surface area contributed by atoms with Crippen LogP contribution in [0.3, 0.4) is 0 Å². The van der Waals surface area contributed by atoms with Crippen molar-refractivity contribution in [1.82, 2.24) is 15.3 Å². The van der Waals surface area contributed by atoms with Crippen molar-refractivity contribution in [2.45, 2.75) is 20.0 Å². The molecule has 7 heteroatoms. The van der Waals surface area contributed by atoms with Gasteiger partial charge in [-0.2, -0.15) is 0 Å². The molecular weight excluding hydrogens is 362 g/mol. The van der Waals surface area contributed by atoms with Crippen LogP contribution < -0.4 is 14.8 Å². The quantitative estimate of drug-likeness (QED) is 0.645. The first-order valence-electron chi connectivity index (χ1n) is 8.56. The number of hydrogen-bond donors (Lipinski definition) is 1. The van der Waals surface area contributed by atoms with Gasteiger partial charge >= 0.3 is 0 Å². The number of pyridine rings is 1. The van der Waals surface area contributed by atoms with Gasteiger partial charge in [0.15, 0.2) is 0 Å². The van der Waals surface area contributed by atoms with Crippen molar-refractivity contribution in [2.24, 2.45) is 0 Å². The lowest BCUT2D eigenvalue weighted by atomic mass is 10.1. The van der Waals surface area contributed by atoms with Crippen LogP contribution in [0.5, 0.6) is 11.5 Å². The minimum Gasteiger partial charge on any atom is -0.497 e. The van der Waals surface area contributed by atoms with E-state index in [1.165, 1.54) is 11.3 Å². The van der Waals surface area contributed by atoms with Crippen LogP contribution in [0.1, 0.15) is 25.9 Å². The smallest absolute Gasteiger partial charge is 0.263 e. The van der Waals surface area contributed by atoms with Gasteiger partial charge in [0, 0.05) is 12.7 Å². The SMILES string of the molecule is COc1cccc(CCNC(=O)c2sc(COc3cccnc3)nc2C)c1. The van der Waals surface area contributed by atoms with E-state index in [0.29, 0.717) is 29.5 Å². The second kappa shape index (κ2) is 9.14. The van der Waals surface area contributed by atoms with E-state index >= 15 is 0 Å². The largest absolute Gasteiger partial charge is 0.497 e. The Kier molecular flexibility index (Phi) is 6.38. The fourth-order valence-corrected chi connectivity index (χ4v) is 3.43. The Labute approximate surface area is 162 Å². The van der Waals surface area contributed by atoms with Crippen LogP contribution in [-0.4, -0.2) is 29.5 Å². The third-order valence-electron chi connectivity index (χ3n) is 3.88.